The molecule has 150 valence electrons. The molecule has 1 saturated heterocycles. The van der Waals surface area contributed by atoms with Crippen LogP contribution in [0.4, 0.5) is 8.78 Å². The fourth-order valence-corrected chi connectivity index (χ4v) is 4.23. The Balaban J connectivity index is 1.39. The third-order valence-corrected chi connectivity index (χ3v) is 5.75. The molecular weight excluding hydrogens is 366 g/mol. The van der Waals surface area contributed by atoms with E-state index in [-0.39, 0.29) is 0 Å². The van der Waals surface area contributed by atoms with Crippen LogP contribution in [0.2, 0.25) is 0 Å². The first-order chi connectivity index (χ1) is 14.2. The molecule has 3 aromatic rings. The van der Waals surface area contributed by atoms with Gasteiger partial charge in [0.1, 0.15) is 0 Å². The second-order valence-corrected chi connectivity index (χ2v) is 7.72. The summed E-state index contributed by atoms with van der Waals surface area (Å²) in [5.41, 5.74) is 3.41. The Bertz CT molecular complexity index is 867. The normalized spacial score (nSPS) is 19.4. The van der Waals surface area contributed by atoms with Gasteiger partial charge in [0, 0.05) is 31.1 Å². The van der Waals surface area contributed by atoms with Gasteiger partial charge in [-0.25, -0.2) is 8.78 Å². The lowest BCUT2D eigenvalue weighted by molar-refractivity contribution is 0.307. The number of hydrogen-bond donors (Lipinski definition) is 2. The van der Waals surface area contributed by atoms with Crippen LogP contribution in [0.5, 0.6) is 0 Å². The van der Waals surface area contributed by atoms with E-state index in [9.17, 15) is 8.78 Å². The van der Waals surface area contributed by atoms with Gasteiger partial charge in [0.05, 0.1) is 0 Å². The zero-order chi connectivity index (χ0) is 20.1. The van der Waals surface area contributed by atoms with E-state index in [1.165, 1.54) is 23.3 Å². The van der Waals surface area contributed by atoms with Crippen LogP contribution >= 0.6 is 0 Å². The third kappa shape index (κ3) is 4.89. The van der Waals surface area contributed by atoms with Crippen LogP contribution in [0, 0.1) is 11.6 Å². The molecule has 1 aliphatic heterocycles. The third-order valence-electron chi connectivity index (χ3n) is 5.75. The van der Waals surface area contributed by atoms with Crippen LogP contribution in [0.1, 0.15) is 35.4 Å². The van der Waals surface area contributed by atoms with Crippen LogP contribution < -0.4 is 10.6 Å². The number of hydrogen-bond acceptors (Lipinski definition) is 2. The molecule has 2 atom stereocenters. The fourth-order valence-electron chi connectivity index (χ4n) is 4.23. The van der Waals surface area contributed by atoms with Crippen molar-refractivity contribution in [2.75, 3.05) is 6.54 Å². The highest BCUT2D eigenvalue weighted by molar-refractivity contribution is 5.34. The molecule has 1 fully saturated rings. The van der Waals surface area contributed by atoms with Crippen LogP contribution in [0.3, 0.4) is 0 Å². The van der Waals surface area contributed by atoms with Crippen molar-refractivity contribution in [3.8, 4) is 0 Å². The lowest BCUT2D eigenvalue weighted by Gasteiger charge is -2.36. The Kier molecular flexibility index (Phi) is 6.33. The van der Waals surface area contributed by atoms with Crippen LogP contribution in [-0.4, -0.2) is 18.6 Å². The van der Waals surface area contributed by atoms with Gasteiger partial charge in [-0.15, -0.1) is 0 Å². The molecule has 0 radical (unpaired) electrons. The summed E-state index contributed by atoms with van der Waals surface area (Å²) in [5, 5.41) is 7.20. The Morgan fingerprint density at radius 2 is 1.48 bits per heavy atom. The Morgan fingerprint density at radius 3 is 2.03 bits per heavy atom. The Morgan fingerprint density at radius 1 is 0.828 bits per heavy atom. The standard InChI is InChI=1S/C25H26F2N2/c26-22-13-11-18(15-23(22)27)16-28-21-12-14-24(29-17-21)25(19-7-3-1-4-8-19)20-9-5-2-6-10-20/h1-11,13,15,21,24-25,28-29H,12,14,16-17H2/t21-,24-/m1/s1. The van der Waals surface area contributed by atoms with Gasteiger partial charge in [0.15, 0.2) is 11.6 Å². The van der Waals surface area contributed by atoms with E-state index < -0.39 is 11.6 Å². The van der Waals surface area contributed by atoms with Crippen LogP contribution in [-0.2, 0) is 6.54 Å². The van der Waals surface area contributed by atoms with Gasteiger partial charge in [-0.3, -0.25) is 0 Å². The highest BCUT2D eigenvalue weighted by atomic mass is 19.2. The zero-order valence-corrected chi connectivity index (χ0v) is 16.3. The van der Waals surface area contributed by atoms with Crippen molar-refractivity contribution in [3.05, 3.63) is 107 Å². The number of nitrogens with one attached hydrogen (secondary N) is 2. The van der Waals surface area contributed by atoms with E-state index in [4.69, 9.17) is 0 Å². The second kappa shape index (κ2) is 9.29. The van der Waals surface area contributed by atoms with Gasteiger partial charge in [-0.2, -0.15) is 0 Å². The van der Waals surface area contributed by atoms with Crippen molar-refractivity contribution in [2.24, 2.45) is 0 Å². The summed E-state index contributed by atoms with van der Waals surface area (Å²) in [7, 11) is 0. The molecular formula is C25H26F2N2. The van der Waals surface area contributed by atoms with Gasteiger partial charge in [-0.1, -0.05) is 66.7 Å². The molecule has 2 N–H and O–H groups in total. The maximum Gasteiger partial charge on any atom is 0.159 e. The first-order valence-electron chi connectivity index (χ1n) is 10.2. The minimum atomic E-state index is -0.802. The second-order valence-electron chi connectivity index (χ2n) is 7.72. The molecule has 1 aliphatic rings. The van der Waals surface area contributed by atoms with Gasteiger partial charge < -0.3 is 10.6 Å². The van der Waals surface area contributed by atoms with Gasteiger partial charge in [-0.05, 0) is 41.7 Å². The summed E-state index contributed by atoms with van der Waals surface area (Å²) in [5.74, 6) is -1.28. The molecule has 3 aromatic carbocycles. The van der Waals surface area contributed by atoms with Gasteiger partial charge in [0.2, 0.25) is 0 Å². The smallest absolute Gasteiger partial charge is 0.159 e. The molecule has 0 aliphatic carbocycles. The monoisotopic (exact) mass is 392 g/mol. The van der Waals surface area contributed by atoms with Crippen molar-refractivity contribution >= 4 is 0 Å². The summed E-state index contributed by atoms with van der Waals surface area (Å²) in [6.45, 7) is 1.39. The summed E-state index contributed by atoms with van der Waals surface area (Å²) >= 11 is 0. The van der Waals surface area contributed by atoms with Crippen LogP contribution in [0.25, 0.3) is 0 Å². The van der Waals surface area contributed by atoms with E-state index in [2.05, 4.69) is 71.3 Å². The zero-order valence-electron chi connectivity index (χ0n) is 16.3. The van der Waals surface area contributed by atoms with Crippen molar-refractivity contribution in [3.63, 3.8) is 0 Å². The maximum absolute atomic E-state index is 13.4. The molecule has 0 amide bonds. The lowest BCUT2D eigenvalue weighted by atomic mass is 9.81. The Labute approximate surface area is 171 Å². The average Bonchev–Trinajstić information content (AvgIpc) is 2.77. The largest absolute Gasteiger partial charge is 0.311 e. The highest BCUT2D eigenvalue weighted by Gasteiger charge is 2.29. The quantitative estimate of drug-likeness (QED) is 0.616. The van der Waals surface area contributed by atoms with E-state index in [0.717, 1.165) is 24.9 Å². The molecule has 0 saturated carbocycles. The minimum absolute atomic E-state index is 0.310. The van der Waals surface area contributed by atoms with Crippen molar-refractivity contribution < 1.29 is 8.78 Å². The summed E-state index contributed by atoms with van der Waals surface area (Å²) in [6.07, 6.45) is 2.08. The molecule has 29 heavy (non-hydrogen) atoms. The topological polar surface area (TPSA) is 24.1 Å². The van der Waals surface area contributed by atoms with Gasteiger partial charge in [0.25, 0.3) is 0 Å². The number of halogens is 2. The highest BCUT2D eigenvalue weighted by Crippen LogP contribution is 2.31. The minimum Gasteiger partial charge on any atom is -0.311 e. The van der Waals surface area contributed by atoms with Crippen LogP contribution in [0.15, 0.2) is 78.9 Å². The first-order valence-corrected chi connectivity index (χ1v) is 10.2. The Hall–Kier alpha value is -2.56. The molecule has 0 spiro atoms. The summed E-state index contributed by atoms with van der Waals surface area (Å²) < 4.78 is 26.5. The predicted octanol–water partition coefficient (Wildman–Crippen LogP) is 5.01. The molecule has 4 rings (SSSR count). The molecule has 0 bridgehead atoms. The average molecular weight is 392 g/mol. The molecule has 4 heteroatoms. The van der Waals surface area contributed by atoms with E-state index in [1.807, 2.05) is 0 Å². The molecule has 1 heterocycles. The van der Waals surface area contributed by atoms with E-state index in [0.29, 0.717) is 24.5 Å². The van der Waals surface area contributed by atoms with Crippen molar-refractivity contribution in [1.29, 1.82) is 0 Å². The maximum atomic E-state index is 13.4. The SMILES string of the molecule is Fc1ccc(CN[C@@H]2CC[C@H](C(c3ccccc3)c3ccccc3)NC2)cc1F. The number of piperidine rings is 1. The number of benzene rings is 3. The molecule has 2 nitrogen and oxygen atoms in total. The van der Waals surface area contributed by atoms with Crippen molar-refractivity contribution in [2.45, 2.75) is 37.4 Å². The van der Waals surface area contributed by atoms with E-state index >= 15 is 0 Å². The first kappa shape index (κ1) is 19.7. The fraction of sp³-hybridized carbons (Fsp3) is 0.280. The molecule has 0 aromatic heterocycles. The predicted molar refractivity (Wildman–Crippen MR) is 113 cm³/mol. The summed E-state index contributed by atoms with van der Waals surface area (Å²) in [4.78, 5) is 0. The molecule has 0 unspecified atom stereocenters. The van der Waals surface area contributed by atoms with Crippen molar-refractivity contribution in [1.82, 2.24) is 10.6 Å². The summed E-state index contributed by atoms with van der Waals surface area (Å²) in [6, 6.07) is 26.1. The number of rotatable bonds is 6. The lowest BCUT2D eigenvalue weighted by Crippen LogP contribution is -2.49. The van der Waals surface area contributed by atoms with Gasteiger partial charge >= 0.3 is 0 Å². The van der Waals surface area contributed by atoms with E-state index in [1.54, 1.807) is 6.07 Å².